The Balaban J connectivity index is 1.49. The molecule has 0 aliphatic carbocycles. The van der Waals surface area contributed by atoms with Crippen molar-refractivity contribution < 1.29 is 14.4 Å². The van der Waals surface area contributed by atoms with Crippen molar-refractivity contribution in [3.8, 4) is 0 Å². The summed E-state index contributed by atoms with van der Waals surface area (Å²) in [6.07, 6.45) is 2.92. The van der Waals surface area contributed by atoms with Gasteiger partial charge in [-0.1, -0.05) is 59.8 Å². The molecular weight excluding hydrogens is 492 g/mol. The van der Waals surface area contributed by atoms with E-state index in [0.29, 0.717) is 16.3 Å². The minimum Gasteiger partial charge on any atom is -0.303 e. The molecule has 3 amide bonds. The molecule has 168 valence electrons. The van der Waals surface area contributed by atoms with Crippen molar-refractivity contribution in [3.63, 3.8) is 0 Å². The highest BCUT2D eigenvalue weighted by atomic mass is 35.5. The van der Waals surface area contributed by atoms with Gasteiger partial charge in [0.25, 0.3) is 17.7 Å². The summed E-state index contributed by atoms with van der Waals surface area (Å²) in [5, 5.41) is 1.54. The molecule has 1 saturated heterocycles. The highest BCUT2D eigenvalue weighted by Gasteiger charge is 2.42. The lowest BCUT2D eigenvalue weighted by molar-refractivity contribution is -0.124. The summed E-state index contributed by atoms with van der Waals surface area (Å²) in [5.41, 5.74) is 5.11. The number of benzene rings is 2. The van der Waals surface area contributed by atoms with Gasteiger partial charge in [-0.2, -0.15) is 5.01 Å². The number of nitrogens with zero attached hydrogens (tertiary/aromatic N) is 3. The van der Waals surface area contributed by atoms with Gasteiger partial charge >= 0.3 is 0 Å². The second-order valence-corrected chi connectivity index (χ2v) is 9.45. The molecule has 2 aliphatic heterocycles. The van der Waals surface area contributed by atoms with Gasteiger partial charge in [-0.15, -0.1) is 0 Å². The third kappa shape index (κ3) is 3.87. The second-order valence-electron chi connectivity index (χ2n) is 7.40. The molecule has 10 heteroatoms. The number of nitrogens with one attached hydrogen (secondary N) is 1. The van der Waals surface area contributed by atoms with E-state index < -0.39 is 11.8 Å². The predicted molar refractivity (Wildman–Crippen MR) is 135 cm³/mol. The van der Waals surface area contributed by atoms with E-state index in [0.717, 1.165) is 22.3 Å². The molecule has 0 radical (unpaired) electrons. The molecule has 7 nitrogen and oxygen atoms in total. The van der Waals surface area contributed by atoms with Crippen molar-refractivity contribution >= 4 is 68.9 Å². The Hall–Kier alpha value is -3.53. The molecule has 2 aromatic carbocycles. The summed E-state index contributed by atoms with van der Waals surface area (Å²) in [4.78, 5) is 45.1. The van der Waals surface area contributed by atoms with E-state index in [4.69, 9.17) is 23.8 Å². The maximum atomic E-state index is 13.6. The maximum absolute atomic E-state index is 13.6. The second kappa shape index (κ2) is 9.02. The number of carbonyl (C=O) groups is 3. The Labute approximate surface area is 209 Å². The molecule has 5 rings (SSSR count). The molecule has 0 saturated carbocycles. The average Bonchev–Trinajstić information content (AvgIpc) is 3.28. The lowest BCUT2D eigenvalue weighted by Gasteiger charge is -2.18. The van der Waals surface area contributed by atoms with E-state index in [1.165, 1.54) is 6.20 Å². The predicted octanol–water partition coefficient (Wildman–Crippen LogP) is 4.20. The summed E-state index contributed by atoms with van der Waals surface area (Å²) in [5.74, 6) is -1.43. The lowest BCUT2D eigenvalue weighted by Crippen LogP contribution is -2.45. The van der Waals surface area contributed by atoms with Crippen molar-refractivity contribution in [1.82, 2.24) is 15.4 Å². The zero-order valence-electron chi connectivity index (χ0n) is 17.4. The summed E-state index contributed by atoms with van der Waals surface area (Å²) in [6.45, 7) is 0.247. The number of hydrogen-bond acceptors (Lipinski definition) is 6. The largest absolute Gasteiger partial charge is 0.303 e. The van der Waals surface area contributed by atoms with Gasteiger partial charge in [-0.05, 0) is 42.0 Å². The number of thiocarbonyl (C=S) groups is 1. The molecule has 3 heterocycles. The number of fused-ring (bicyclic) bond motifs is 1. The zero-order chi connectivity index (χ0) is 23.8. The standard InChI is InChI=1S/C24H15ClN4O3S2/c25-17-9-3-1-6-15(17)13-28-18-10-4-2-8-16(18)19(22(28)31)20-23(32)29(24(33)34-20)27-21(30)14-7-5-11-26-12-14/h1-12H,13H2,(H,27,30)/b20-19-. The number of anilines is 1. The maximum Gasteiger partial charge on any atom is 0.286 e. The third-order valence-corrected chi connectivity index (χ3v) is 7.08. The molecule has 1 aromatic heterocycles. The molecule has 0 spiro atoms. The number of hydrogen-bond donors (Lipinski definition) is 1. The van der Waals surface area contributed by atoms with Crippen molar-refractivity contribution in [2.45, 2.75) is 6.54 Å². The number of thioether (sulfide) groups is 1. The van der Waals surface area contributed by atoms with Crippen LogP contribution in [0, 0.1) is 0 Å². The number of rotatable bonds is 4. The fourth-order valence-corrected chi connectivity index (χ4v) is 5.18. The Kier molecular flexibility index (Phi) is 5.91. The smallest absolute Gasteiger partial charge is 0.286 e. The van der Waals surface area contributed by atoms with Crippen LogP contribution in [-0.4, -0.2) is 32.0 Å². The van der Waals surface area contributed by atoms with E-state index in [9.17, 15) is 14.4 Å². The van der Waals surface area contributed by atoms with Gasteiger partial charge in [-0.25, -0.2) is 0 Å². The van der Waals surface area contributed by atoms with Crippen molar-refractivity contribution in [3.05, 3.63) is 99.7 Å². The van der Waals surface area contributed by atoms with Gasteiger partial charge < -0.3 is 4.90 Å². The Morgan fingerprint density at radius 3 is 2.56 bits per heavy atom. The Morgan fingerprint density at radius 2 is 1.79 bits per heavy atom. The van der Waals surface area contributed by atoms with Gasteiger partial charge in [0.1, 0.15) is 0 Å². The van der Waals surface area contributed by atoms with Gasteiger partial charge in [0.05, 0.1) is 28.3 Å². The van der Waals surface area contributed by atoms with Crippen molar-refractivity contribution in [1.29, 1.82) is 0 Å². The molecule has 0 atom stereocenters. The van der Waals surface area contributed by atoms with Gasteiger partial charge in [0, 0.05) is 23.0 Å². The minimum absolute atomic E-state index is 0.125. The Morgan fingerprint density at radius 1 is 1.03 bits per heavy atom. The number of pyridine rings is 1. The molecule has 0 bridgehead atoms. The lowest BCUT2D eigenvalue weighted by atomic mass is 10.1. The van der Waals surface area contributed by atoms with Gasteiger partial charge in [0.15, 0.2) is 4.32 Å². The van der Waals surface area contributed by atoms with Crippen LogP contribution in [0.5, 0.6) is 0 Å². The van der Waals surface area contributed by atoms with Crippen LogP contribution < -0.4 is 10.3 Å². The highest BCUT2D eigenvalue weighted by molar-refractivity contribution is 8.26. The van der Waals surface area contributed by atoms with E-state index in [1.807, 2.05) is 30.3 Å². The number of halogens is 1. The van der Waals surface area contributed by atoms with E-state index in [1.54, 1.807) is 41.4 Å². The summed E-state index contributed by atoms with van der Waals surface area (Å²) < 4.78 is 0.125. The average molecular weight is 507 g/mol. The molecule has 1 fully saturated rings. The minimum atomic E-state index is -0.565. The van der Waals surface area contributed by atoms with Gasteiger partial charge in [0.2, 0.25) is 0 Å². The molecule has 0 unspecified atom stereocenters. The quantitative estimate of drug-likeness (QED) is 0.422. The fraction of sp³-hybridized carbons (Fsp3) is 0.0417. The van der Waals surface area contributed by atoms with E-state index in [2.05, 4.69) is 10.4 Å². The van der Waals surface area contributed by atoms with Crippen LogP contribution in [0.25, 0.3) is 5.57 Å². The SMILES string of the molecule is O=C(NN1C(=O)/C(=C2/C(=O)N(Cc3ccccc3Cl)c3ccccc32)SC1=S)c1cccnc1. The number of hydrazine groups is 1. The molecule has 3 aromatic rings. The molecular formula is C24H15ClN4O3S2. The van der Waals surface area contributed by atoms with Gasteiger partial charge in [-0.3, -0.25) is 24.8 Å². The van der Waals surface area contributed by atoms with Crippen LogP contribution in [0.4, 0.5) is 5.69 Å². The number of para-hydroxylation sites is 1. The normalized spacial score (nSPS) is 17.4. The van der Waals surface area contributed by atoms with E-state index >= 15 is 0 Å². The van der Waals surface area contributed by atoms with Crippen LogP contribution in [0.2, 0.25) is 5.02 Å². The molecule has 34 heavy (non-hydrogen) atoms. The first-order valence-electron chi connectivity index (χ1n) is 10.1. The number of amides is 3. The number of aromatic nitrogens is 1. The molecule has 1 N–H and O–H groups in total. The van der Waals surface area contributed by atoms with Crippen molar-refractivity contribution in [2.24, 2.45) is 0 Å². The first-order chi connectivity index (χ1) is 16.5. The first kappa shape index (κ1) is 22.3. The van der Waals surface area contributed by atoms with E-state index in [-0.39, 0.29) is 32.8 Å². The summed E-state index contributed by atoms with van der Waals surface area (Å²) >= 11 is 12.7. The van der Waals surface area contributed by atoms with Crippen LogP contribution in [0.1, 0.15) is 21.5 Å². The van der Waals surface area contributed by atoms with Crippen LogP contribution in [0.15, 0.2) is 78.0 Å². The summed E-state index contributed by atoms with van der Waals surface area (Å²) in [6, 6.07) is 17.7. The van der Waals surface area contributed by atoms with Crippen LogP contribution >= 0.6 is 35.6 Å². The monoisotopic (exact) mass is 506 g/mol. The Bertz CT molecular complexity index is 1390. The topological polar surface area (TPSA) is 82.6 Å². The van der Waals surface area contributed by atoms with Crippen LogP contribution in [0.3, 0.4) is 0 Å². The summed E-state index contributed by atoms with van der Waals surface area (Å²) in [7, 11) is 0. The number of carbonyl (C=O) groups excluding carboxylic acids is 3. The van der Waals surface area contributed by atoms with Crippen molar-refractivity contribution in [2.75, 3.05) is 4.90 Å². The zero-order valence-corrected chi connectivity index (χ0v) is 19.8. The third-order valence-electron chi connectivity index (χ3n) is 5.34. The highest BCUT2D eigenvalue weighted by Crippen LogP contribution is 2.44. The first-order valence-corrected chi connectivity index (χ1v) is 11.7. The molecule has 2 aliphatic rings. The fourth-order valence-electron chi connectivity index (χ4n) is 3.73. The van der Waals surface area contributed by atoms with Crippen LogP contribution in [-0.2, 0) is 16.1 Å².